The van der Waals surface area contributed by atoms with Crippen LogP contribution in [-0.4, -0.2) is 29.5 Å². The van der Waals surface area contributed by atoms with Gasteiger partial charge in [0.05, 0.1) is 17.4 Å². The second-order valence-corrected chi connectivity index (χ2v) is 6.83. The summed E-state index contributed by atoms with van der Waals surface area (Å²) in [5, 5.41) is 8.98. The molecule has 0 amide bonds. The Morgan fingerprint density at radius 3 is 2.70 bits per heavy atom. The van der Waals surface area contributed by atoms with E-state index in [1.807, 2.05) is 22.6 Å². The summed E-state index contributed by atoms with van der Waals surface area (Å²) in [7, 11) is -3.90. The number of aromatic amines is 1. The number of imidazole rings is 1. The number of carboxylic acids is 1. The molecule has 0 atom stereocenters. The molecule has 20 heavy (non-hydrogen) atoms. The molecule has 9 heteroatoms. The number of H-pyrrole nitrogens is 1. The number of nitrogens with one attached hydrogen (secondary N) is 2. The molecule has 0 saturated heterocycles. The van der Waals surface area contributed by atoms with Crippen molar-refractivity contribution in [2.24, 2.45) is 0 Å². The molecule has 0 aliphatic carbocycles. The van der Waals surface area contributed by atoms with Crippen LogP contribution in [0, 0.1) is 10.5 Å². The van der Waals surface area contributed by atoms with E-state index in [-0.39, 0.29) is 16.3 Å². The van der Waals surface area contributed by atoms with E-state index in [1.165, 1.54) is 18.3 Å². The van der Waals surface area contributed by atoms with Crippen LogP contribution >= 0.6 is 22.6 Å². The summed E-state index contributed by atoms with van der Waals surface area (Å²) in [4.78, 5) is 17.5. The van der Waals surface area contributed by atoms with Crippen molar-refractivity contribution in [2.45, 2.75) is 11.9 Å². The highest BCUT2D eigenvalue weighted by atomic mass is 127. The van der Waals surface area contributed by atoms with Crippen molar-refractivity contribution in [1.82, 2.24) is 9.97 Å². The first-order valence-electron chi connectivity index (χ1n) is 5.37. The van der Waals surface area contributed by atoms with Gasteiger partial charge in [0, 0.05) is 3.57 Å². The lowest BCUT2D eigenvalue weighted by molar-refractivity contribution is 0.0698. The molecule has 1 heterocycles. The lowest BCUT2D eigenvalue weighted by Crippen LogP contribution is -2.16. The van der Waals surface area contributed by atoms with E-state index in [1.54, 1.807) is 13.0 Å². The van der Waals surface area contributed by atoms with E-state index >= 15 is 0 Å². The summed E-state index contributed by atoms with van der Waals surface area (Å²) in [6.45, 7) is 1.62. The number of hydrogen-bond donors (Lipinski definition) is 3. The Hall–Kier alpha value is -1.62. The molecule has 2 aromatic rings. The summed E-state index contributed by atoms with van der Waals surface area (Å²) in [6, 6.07) is 4.41. The highest BCUT2D eigenvalue weighted by Gasteiger charge is 2.20. The van der Waals surface area contributed by atoms with Crippen molar-refractivity contribution in [2.75, 3.05) is 4.72 Å². The van der Waals surface area contributed by atoms with E-state index < -0.39 is 16.0 Å². The van der Waals surface area contributed by atoms with Gasteiger partial charge in [-0.05, 0) is 47.7 Å². The SMILES string of the molecule is Cc1ncc(S(=O)(=O)Nc2ccc(I)cc2C(=O)O)[nH]1. The summed E-state index contributed by atoms with van der Waals surface area (Å²) >= 11 is 1.95. The number of aromatic nitrogens is 2. The number of aryl methyl sites for hydroxylation is 1. The fourth-order valence-corrected chi connectivity index (χ4v) is 3.06. The largest absolute Gasteiger partial charge is 0.478 e. The smallest absolute Gasteiger partial charge is 0.337 e. The van der Waals surface area contributed by atoms with Crippen LogP contribution in [0.1, 0.15) is 16.2 Å². The molecule has 7 nitrogen and oxygen atoms in total. The molecule has 0 aliphatic heterocycles. The van der Waals surface area contributed by atoms with E-state index in [0.717, 1.165) is 0 Å². The highest BCUT2D eigenvalue weighted by molar-refractivity contribution is 14.1. The second kappa shape index (κ2) is 5.40. The molecule has 0 bridgehead atoms. The standard InChI is InChI=1S/C11H10IN3O4S/c1-6-13-5-10(14-6)20(18,19)15-9-3-2-7(12)4-8(9)11(16)17/h2-5,15H,1H3,(H,13,14)(H,16,17). The Kier molecular flexibility index (Phi) is 3.99. The molecule has 0 radical (unpaired) electrons. The first-order valence-corrected chi connectivity index (χ1v) is 7.93. The molecule has 0 unspecified atom stereocenters. The van der Waals surface area contributed by atoms with Crippen molar-refractivity contribution < 1.29 is 18.3 Å². The van der Waals surface area contributed by atoms with Crippen LogP contribution < -0.4 is 4.72 Å². The van der Waals surface area contributed by atoms with Gasteiger partial charge in [0.2, 0.25) is 0 Å². The van der Waals surface area contributed by atoms with Crippen LogP contribution in [0.3, 0.4) is 0 Å². The number of nitrogens with zero attached hydrogens (tertiary/aromatic N) is 1. The molecular formula is C11H10IN3O4S. The molecule has 1 aromatic carbocycles. The minimum atomic E-state index is -3.90. The number of benzene rings is 1. The van der Waals surface area contributed by atoms with Crippen molar-refractivity contribution >= 4 is 44.3 Å². The number of halogens is 1. The van der Waals surface area contributed by atoms with Crippen molar-refractivity contribution in [3.8, 4) is 0 Å². The molecule has 0 saturated carbocycles. The number of carboxylic acid groups (broad SMARTS) is 1. The third-order valence-corrected chi connectivity index (χ3v) is 4.37. The normalized spacial score (nSPS) is 11.3. The summed E-state index contributed by atoms with van der Waals surface area (Å²) in [6.07, 6.45) is 1.17. The van der Waals surface area contributed by atoms with Gasteiger partial charge in [-0.15, -0.1) is 0 Å². The maximum Gasteiger partial charge on any atom is 0.337 e. The number of sulfonamides is 1. The summed E-state index contributed by atoms with van der Waals surface area (Å²) < 4.78 is 27.1. The number of anilines is 1. The van der Waals surface area contributed by atoms with Gasteiger partial charge in [0.15, 0.2) is 5.03 Å². The first kappa shape index (κ1) is 14.8. The van der Waals surface area contributed by atoms with Gasteiger partial charge in [-0.1, -0.05) is 0 Å². The zero-order valence-corrected chi connectivity index (χ0v) is 13.2. The van der Waals surface area contributed by atoms with Crippen molar-refractivity contribution in [3.63, 3.8) is 0 Å². The van der Waals surface area contributed by atoms with Gasteiger partial charge in [0.1, 0.15) is 5.82 Å². The molecule has 1 aromatic heterocycles. The molecule has 2 rings (SSSR count). The van der Waals surface area contributed by atoms with Gasteiger partial charge >= 0.3 is 5.97 Å². The first-order chi connectivity index (χ1) is 9.29. The molecule has 106 valence electrons. The number of hydrogen-bond acceptors (Lipinski definition) is 4. The minimum absolute atomic E-state index is 0.00479. The van der Waals surface area contributed by atoms with Crippen LogP contribution in [-0.2, 0) is 10.0 Å². The maximum absolute atomic E-state index is 12.1. The number of rotatable bonds is 4. The number of carbonyl (C=O) groups is 1. The lowest BCUT2D eigenvalue weighted by atomic mass is 10.2. The monoisotopic (exact) mass is 407 g/mol. The van der Waals surface area contributed by atoms with Crippen LogP contribution in [0.2, 0.25) is 0 Å². The number of aromatic carboxylic acids is 1. The Labute approximate surface area is 128 Å². The van der Waals surface area contributed by atoms with Gasteiger partial charge < -0.3 is 10.1 Å². The van der Waals surface area contributed by atoms with E-state index in [9.17, 15) is 13.2 Å². The third-order valence-electron chi connectivity index (χ3n) is 2.43. The Morgan fingerprint density at radius 1 is 1.45 bits per heavy atom. The average molecular weight is 407 g/mol. The highest BCUT2D eigenvalue weighted by Crippen LogP contribution is 2.22. The topological polar surface area (TPSA) is 112 Å². The zero-order chi connectivity index (χ0) is 14.9. The fraction of sp³-hybridized carbons (Fsp3) is 0.0909. The van der Waals surface area contributed by atoms with Crippen LogP contribution in [0.25, 0.3) is 0 Å². The predicted molar refractivity (Wildman–Crippen MR) is 80.3 cm³/mol. The van der Waals surface area contributed by atoms with Crippen LogP contribution in [0.5, 0.6) is 0 Å². The van der Waals surface area contributed by atoms with E-state index in [2.05, 4.69) is 14.7 Å². The molecule has 0 fully saturated rings. The van der Waals surface area contributed by atoms with Crippen LogP contribution in [0.15, 0.2) is 29.4 Å². The fourth-order valence-electron chi connectivity index (χ4n) is 1.52. The summed E-state index contributed by atoms with van der Waals surface area (Å²) in [5.41, 5.74) is -0.109. The van der Waals surface area contributed by atoms with Gasteiger partial charge in [-0.3, -0.25) is 4.72 Å². The van der Waals surface area contributed by atoms with Gasteiger partial charge in [0.25, 0.3) is 10.0 Å². The average Bonchev–Trinajstić information content (AvgIpc) is 2.78. The Bertz CT molecular complexity index is 770. The molecule has 0 spiro atoms. The lowest BCUT2D eigenvalue weighted by Gasteiger charge is -2.09. The minimum Gasteiger partial charge on any atom is -0.478 e. The Balaban J connectivity index is 2.42. The maximum atomic E-state index is 12.1. The molecule has 3 N–H and O–H groups in total. The predicted octanol–water partition coefficient (Wildman–Crippen LogP) is 1.82. The second-order valence-electron chi connectivity index (χ2n) is 3.93. The van der Waals surface area contributed by atoms with E-state index in [4.69, 9.17) is 5.11 Å². The molecular weight excluding hydrogens is 397 g/mol. The third kappa shape index (κ3) is 3.10. The Morgan fingerprint density at radius 2 is 2.15 bits per heavy atom. The van der Waals surface area contributed by atoms with E-state index in [0.29, 0.717) is 9.39 Å². The quantitative estimate of drug-likeness (QED) is 0.670. The van der Waals surface area contributed by atoms with Crippen molar-refractivity contribution in [1.29, 1.82) is 0 Å². The zero-order valence-electron chi connectivity index (χ0n) is 10.2. The molecule has 0 aliphatic rings. The van der Waals surface area contributed by atoms with Crippen LogP contribution in [0.4, 0.5) is 5.69 Å². The van der Waals surface area contributed by atoms with Gasteiger partial charge in [-0.25, -0.2) is 9.78 Å². The summed E-state index contributed by atoms with van der Waals surface area (Å²) in [5.74, 6) is -0.756. The van der Waals surface area contributed by atoms with Crippen molar-refractivity contribution in [3.05, 3.63) is 39.4 Å². The van der Waals surface area contributed by atoms with Gasteiger partial charge in [-0.2, -0.15) is 8.42 Å².